The molecule has 0 aliphatic carbocycles. The first kappa shape index (κ1) is 11.9. The minimum atomic E-state index is 0.702. The van der Waals surface area contributed by atoms with Crippen LogP contribution in [-0.4, -0.2) is 11.2 Å². The van der Waals surface area contributed by atoms with Gasteiger partial charge in [-0.1, -0.05) is 41.9 Å². The maximum atomic E-state index is 6.11. The second kappa shape index (κ2) is 5.21. The summed E-state index contributed by atoms with van der Waals surface area (Å²) in [6, 6.07) is 15.6. The number of fused-ring (bicyclic) bond motifs is 1. The van der Waals surface area contributed by atoms with Crippen molar-refractivity contribution < 1.29 is 0 Å². The van der Waals surface area contributed by atoms with Gasteiger partial charge >= 0.3 is 0 Å². The van der Waals surface area contributed by atoms with E-state index in [0.29, 0.717) is 5.02 Å². The molecule has 0 aliphatic rings. The molecule has 0 saturated carbocycles. The molecule has 2 nitrogen and oxygen atoms in total. The molecule has 0 aliphatic heterocycles. The molecule has 3 aromatic rings. The minimum Gasteiger partial charge on any atom is -0.264 e. The van der Waals surface area contributed by atoms with Crippen LogP contribution in [0.4, 0.5) is 5.69 Å². The zero-order valence-electron chi connectivity index (χ0n) is 10.1. The van der Waals surface area contributed by atoms with E-state index in [1.165, 1.54) is 0 Å². The van der Waals surface area contributed by atoms with E-state index in [0.717, 1.165) is 22.0 Å². The lowest BCUT2D eigenvalue weighted by Gasteiger charge is -2.01. The number of aromatic nitrogens is 1. The predicted octanol–water partition coefficient (Wildman–Crippen LogP) is 4.64. The van der Waals surface area contributed by atoms with E-state index in [1.54, 1.807) is 12.4 Å². The summed E-state index contributed by atoms with van der Waals surface area (Å²) in [7, 11) is 0. The molecule has 0 saturated heterocycles. The van der Waals surface area contributed by atoms with Gasteiger partial charge in [0.25, 0.3) is 0 Å². The summed E-state index contributed by atoms with van der Waals surface area (Å²) in [6.45, 7) is 0. The SMILES string of the molecule is Clc1ccccc1C=Nc1cccc2cnccc12. The quantitative estimate of drug-likeness (QED) is 0.621. The van der Waals surface area contributed by atoms with Gasteiger partial charge in [0.05, 0.1) is 5.69 Å². The van der Waals surface area contributed by atoms with Crippen molar-refractivity contribution in [2.45, 2.75) is 0 Å². The highest BCUT2D eigenvalue weighted by Crippen LogP contribution is 2.25. The van der Waals surface area contributed by atoms with Crippen LogP contribution in [-0.2, 0) is 0 Å². The molecule has 3 heteroatoms. The Morgan fingerprint density at radius 1 is 1.00 bits per heavy atom. The van der Waals surface area contributed by atoms with Crippen molar-refractivity contribution in [3.63, 3.8) is 0 Å². The van der Waals surface area contributed by atoms with Gasteiger partial charge in [-0.3, -0.25) is 9.98 Å². The molecular weight excluding hydrogens is 256 g/mol. The van der Waals surface area contributed by atoms with Crippen LogP contribution in [0, 0.1) is 0 Å². The van der Waals surface area contributed by atoms with Crippen LogP contribution in [0.15, 0.2) is 65.9 Å². The molecular formula is C16H11ClN2. The smallest absolute Gasteiger partial charge is 0.0709 e. The first-order valence-corrected chi connectivity index (χ1v) is 6.34. The second-order valence-electron chi connectivity index (χ2n) is 4.15. The van der Waals surface area contributed by atoms with Crippen molar-refractivity contribution >= 4 is 34.3 Å². The summed E-state index contributed by atoms with van der Waals surface area (Å²) >= 11 is 6.11. The Morgan fingerprint density at radius 3 is 2.79 bits per heavy atom. The van der Waals surface area contributed by atoms with Crippen molar-refractivity contribution in [3.05, 3.63) is 71.5 Å². The summed E-state index contributed by atoms with van der Waals surface area (Å²) in [4.78, 5) is 8.64. The fourth-order valence-corrected chi connectivity index (χ4v) is 2.12. The van der Waals surface area contributed by atoms with Gasteiger partial charge in [0.2, 0.25) is 0 Å². The Kier molecular flexibility index (Phi) is 3.25. The Bertz CT molecular complexity index is 745. The number of pyridine rings is 1. The standard InChI is InChI=1S/C16H11ClN2/c17-15-6-2-1-4-13(15)11-19-16-7-3-5-12-10-18-9-8-14(12)16/h1-11H. The number of rotatable bonds is 2. The van der Waals surface area contributed by atoms with Crippen molar-refractivity contribution in [1.82, 2.24) is 4.98 Å². The van der Waals surface area contributed by atoms with Crippen molar-refractivity contribution in [1.29, 1.82) is 0 Å². The molecule has 19 heavy (non-hydrogen) atoms. The number of hydrogen-bond acceptors (Lipinski definition) is 2. The minimum absolute atomic E-state index is 0.702. The van der Waals surface area contributed by atoms with Crippen LogP contribution in [0.3, 0.4) is 0 Å². The number of hydrogen-bond donors (Lipinski definition) is 0. The van der Waals surface area contributed by atoms with Gasteiger partial charge in [0, 0.05) is 40.0 Å². The maximum Gasteiger partial charge on any atom is 0.0709 e. The fourth-order valence-electron chi connectivity index (χ4n) is 1.94. The topological polar surface area (TPSA) is 25.2 Å². The van der Waals surface area contributed by atoms with Crippen LogP contribution in [0.1, 0.15) is 5.56 Å². The Hall–Kier alpha value is -2.19. The van der Waals surface area contributed by atoms with Gasteiger partial charge < -0.3 is 0 Å². The molecule has 0 bridgehead atoms. The first-order valence-electron chi connectivity index (χ1n) is 5.96. The van der Waals surface area contributed by atoms with Gasteiger partial charge in [-0.15, -0.1) is 0 Å². The highest BCUT2D eigenvalue weighted by Gasteiger charge is 1.99. The average molecular weight is 267 g/mol. The molecule has 1 heterocycles. The summed E-state index contributed by atoms with van der Waals surface area (Å²) in [5, 5.41) is 2.87. The lowest BCUT2D eigenvalue weighted by molar-refractivity contribution is 1.36. The van der Waals surface area contributed by atoms with E-state index < -0.39 is 0 Å². The third kappa shape index (κ3) is 2.49. The Labute approximate surface area is 116 Å². The molecule has 3 rings (SSSR count). The number of halogens is 1. The first-order chi connectivity index (χ1) is 9.34. The molecule has 0 spiro atoms. The van der Waals surface area contributed by atoms with Gasteiger partial charge in [-0.25, -0.2) is 0 Å². The van der Waals surface area contributed by atoms with E-state index in [-0.39, 0.29) is 0 Å². The maximum absolute atomic E-state index is 6.11. The normalized spacial score (nSPS) is 11.2. The Balaban J connectivity index is 2.04. The molecule has 1 aromatic heterocycles. The van der Waals surface area contributed by atoms with Gasteiger partial charge in [-0.2, -0.15) is 0 Å². The van der Waals surface area contributed by atoms with Crippen molar-refractivity contribution in [2.24, 2.45) is 4.99 Å². The zero-order valence-corrected chi connectivity index (χ0v) is 10.9. The number of benzene rings is 2. The van der Waals surface area contributed by atoms with E-state index in [4.69, 9.17) is 11.6 Å². The molecule has 0 unspecified atom stereocenters. The summed E-state index contributed by atoms with van der Waals surface area (Å²) in [5.74, 6) is 0. The molecule has 0 N–H and O–H groups in total. The van der Waals surface area contributed by atoms with Crippen LogP contribution in [0.2, 0.25) is 5.02 Å². The van der Waals surface area contributed by atoms with Gasteiger partial charge in [0.1, 0.15) is 0 Å². The molecule has 2 aromatic carbocycles. The highest BCUT2D eigenvalue weighted by molar-refractivity contribution is 6.33. The predicted molar refractivity (Wildman–Crippen MR) is 80.4 cm³/mol. The van der Waals surface area contributed by atoms with E-state index >= 15 is 0 Å². The molecule has 0 radical (unpaired) electrons. The van der Waals surface area contributed by atoms with E-state index in [1.807, 2.05) is 54.7 Å². The largest absolute Gasteiger partial charge is 0.264 e. The highest BCUT2D eigenvalue weighted by atomic mass is 35.5. The molecule has 0 atom stereocenters. The monoisotopic (exact) mass is 266 g/mol. The van der Waals surface area contributed by atoms with E-state index in [9.17, 15) is 0 Å². The lowest BCUT2D eigenvalue weighted by Crippen LogP contribution is -1.82. The van der Waals surface area contributed by atoms with Crippen LogP contribution >= 0.6 is 11.6 Å². The lowest BCUT2D eigenvalue weighted by atomic mass is 10.1. The van der Waals surface area contributed by atoms with E-state index in [2.05, 4.69) is 9.98 Å². The summed E-state index contributed by atoms with van der Waals surface area (Å²) in [5.41, 5.74) is 1.83. The van der Waals surface area contributed by atoms with Crippen molar-refractivity contribution in [2.75, 3.05) is 0 Å². The van der Waals surface area contributed by atoms with Crippen molar-refractivity contribution in [3.8, 4) is 0 Å². The van der Waals surface area contributed by atoms with Crippen LogP contribution < -0.4 is 0 Å². The van der Waals surface area contributed by atoms with Gasteiger partial charge in [0.15, 0.2) is 0 Å². The third-order valence-corrected chi connectivity index (χ3v) is 3.25. The van der Waals surface area contributed by atoms with Crippen LogP contribution in [0.25, 0.3) is 10.8 Å². The Morgan fingerprint density at radius 2 is 1.89 bits per heavy atom. The second-order valence-corrected chi connectivity index (χ2v) is 4.56. The molecule has 0 fully saturated rings. The molecule has 0 amide bonds. The molecule has 92 valence electrons. The average Bonchev–Trinajstić information content (AvgIpc) is 2.46. The fraction of sp³-hybridized carbons (Fsp3) is 0. The summed E-state index contributed by atoms with van der Waals surface area (Å²) in [6.07, 6.45) is 5.40. The number of nitrogens with zero attached hydrogens (tertiary/aromatic N) is 2. The number of aliphatic imine (C=N–C) groups is 1. The van der Waals surface area contributed by atoms with Crippen LogP contribution in [0.5, 0.6) is 0 Å². The third-order valence-electron chi connectivity index (χ3n) is 2.91. The van der Waals surface area contributed by atoms with Gasteiger partial charge in [-0.05, 0) is 18.2 Å². The zero-order chi connectivity index (χ0) is 13.1. The summed E-state index contributed by atoms with van der Waals surface area (Å²) < 4.78 is 0.